The van der Waals surface area contributed by atoms with Crippen molar-refractivity contribution in [1.82, 2.24) is 15.4 Å². The number of sulfonamides is 1. The fourth-order valence-electron chi connectivity index (χ4n) is 1.79. The van der Waals surface area contributed by atoms with Gasteiger partial charge in [-0.05, 0) is 26.0 Å². The number of nitrogens with zero attached hydrogens (tertiary/aromatic N) is 1. The second kappa shape index (κ2) is 14.1. The van der Waals surface area contributed by atoms with Gasteiger partial charge in [0.1, 0.15) is 5.75 Å². The first-order valence-electron chi connectivity index (χ1n) is 8.24. The van der Waals surface area contributed by atoms with Crippen molar-refractivity contribution < 1.29 is 13.2 Å². The zero-order chi connectivity index (χ0) is 17.7. The normalized spacial score (nSPS) is 11.5. The molecular formula is C16H29IN4O3S. The lowest BCUT2D eigenvalue weighted by Crippen LogP contribution is -2.41. The third-order valence-corrected chi connectivity index (χ3v) is 4.45. The van der Waals surface area contributed by atoms with Crippen LogP contribution in [-0.2, 0) is 10.0 Å². The number of halogens is 1. The van der Waals surface area contributed by atoms with Crippen LogP contribution in [0.4, 0.5) is 0 Å². The van der Waals surface area contributed by atoms with Gasteiger partial charge in [0, 0.05) is 32.6 Å². The molecule has 0 atom stereocenters. The van der Waals surface area contributed by atoms with Crippen LogP contribution in [-0.4, -0.2) is 52.9 Å². The molecule has 0 unspecified atom stereocenters. The number of para-hydroxylation sites is 1. The fourth-order valence-corrected chi connectivity index (χ4v) is 2.41. The van der Waals surface area contributed by atoms with E-state index in [-0.39, 0.29) is 29.7 Å². The van der Waals surface area contributed by atoms with Gasteiger partial charge in [0.2, 0.25) is 10.0 Å². The van der Waals surface area contributed by atoms with Crippen molar-refractivity contribution in [3.63, 3.8) is 0 Å². The van der Waals surface area contributed by atoms with E-state index in [0.717, 1.165) is 18.7 Å². The summed E-state index contributed by atoms with van der Waals surface area (Å²) in [4.78, 5) is 4.44. The van der Waals surface area contributed by atoms with Crippen LogP contribution in [0.25, 0.3) is 0 Å². The summed E-state index contributed by atoms with van der Waals surface area (Å²) in [6, 6.07) is 9.67. The Morgan fingerprint density at radius 2 is 1.84 bits per heavy atom. The molecule has 25 heavy (non-hydrogen) atoms. The molecule has 0 aromatic heterocycles. The van der Waals surface area contributed by atoms with E-state index in [1.54, 1.807) is 6.92 Å². The topological polar surface area (TPSA) is 91.8 Å². The first-order valence-corrected chi connectivity index (χ1v) is 9.90. The quantitative estimate of drug-likeness (QED) is 0.192. The van der Waals surface area contributed by atoms with Crippen LogP contribution in [0.3, 0.4) is 0 Å². The average Bonchev–Trinajstić information content (AvgIpc) is 2.59. The van der Waals surface area contributed by atoms with Crippen LogP contribution in [0, 0.1) is 0 Å². The number of nitrogens with one attached hydrogen (secondary N) is 3. The summed E-state index contributed by atoms with van der Waals surface area (Å²) in [5.74, 6) is 1.62. The van der Waals surface area contributed by atoms with Gasteiger partial charge < -0.3 is 15.4 Å². The Hall–Kier alpha value is -1.07. The monoisotopic (exact) mass is 484 g/mol. The Kier molecular flexibility index (Phi) is 13.5. The van der Waals surface area contributed by atoms with Crippen molar-refractivity contribution in [1.29, 1.82) is 0 Å². The minimum absolute atomic E-state index is 0. The molecule has 0 radical (unpaired) electrons. The van der Waals surface area contributed by atoms with Crippen LogP contribution >= 0.6 is 24.0 Å². The second-order valence-electron chi connectivity index (χ2n) is 5.00. The standard InChI is InChI=1S/C16H28N4O3S.HI/c1-3-17-16(19-12-13-20-24(21,22)4-2)18-11-8-14-23-15-9-6-5-7-10-15;/h5-7,9-10,20H,3-4,8,11-14H2,1-2H3,(H2,17,18,19);1H. The number of guanidine groups is 1. The Labute approximate surface area is 168 Å². The Morgan fingerprint density at radius 3 is 2.48 bits per heavy atom. The van der Waals surface area contributed by atoms with E-state index in [2.05, 4.69) is 20.3 Å². The van der Waals surface area contributed by atoms with Crippen molar-refractivity contribution in [3.8, 4) is 5.75 Å². The summed E-state index contributed by atoms with van der Waals surface area (Å²) in [5.41, 5.74) is 0. The summed E-state index contributed by atoms with van der Waals surface area (Å²) in [6.07, 6.45) is 0.800. The zero-order valence-electron chi connectivity index (χ0n) is 14.8. The van der Waals surface area contributed by atoms with Gasteiger partial charge >= 0.3 is 0 Å². The third kappa shape index (κ3) is 12.0. The molecule has 0 saturated carbocycles. The highest BCUT2D eigenvalue weighted by molar-refractivity contribution is 14.0. The lowest BCUT2D eigenvalue weighted by Gasteiger charge is -2.12. The molecule has 0 fully saturated rings. The minimum atomic E-state index is -3.15. The molecule has 0 aliphatic heterocycles. The molecule has 1 aromatic rings. The average molecular weight is 484 g/mol. The fraction of sp³-hybridized carbons (Fsp3) is 0.562. The van der Waals surface area contributed by atoms with E-state index < -0.39 is 10.0 Å². The van der Waals surface area contributed by atoms with E-state index in [9.17, 15) is 8.42 Å². The van der Waals surface area contributed by atoms with Crippen molar-refractivity contribution in [2.24, 2.45) is 4.99 Å². The highest BCUT2D eigenvalue weighted by atomic mass is 127. The van der Waals surface area contributed by atoms with Crippen LogP contribution < -0.4 is 20.1 Å². The van der Waals surface area contributed by atoms with Gasteiger partial charge in [-0.25, -0.2) is 13.1 Å². The van der Waals surface area contributed by atoms with Crippen LogP contribution in [0.1, 0.15) is 20.3 Å². The Morgan fingerprint density at radius 1 is 1.12 bits per heavy atom. The second-order valence-corrected chi connectivity index (χ2v) is 7.10. The molecule has 0 spiro atoms. The molecular weight excluding hydrogens is 455 g/mol. The Balaban J connectivity index is 0.00000576. The lowest BCUT2D eigenvalue weighted by molar-refractivity contribution is 0.313. The zero-order valence-corrected chi connectivity index (χ0v) is 18.0. The molecule has 9 heteroatoms. The summed E-state index contributed by atoms with van der Waals surface area (Å²) >= 11 is 0. The minimum Gasteiger partial charge on any atom is -0.494 e. The predicted octanol–water partition coefficient (Wildman–Crippen LogP) is 1.57. The SMILES string of the molecule is CCNC(=NCCCOc1ccccc1)NCCNS(=O)(=O)CC.I. The number of benzene rings is 1. The van der Waals surface area contributed by atoms with Crippen LogP contribution in [0.5, 0.6) is 5.75 Å². The van der Waals surface area contributed by atoms with Gasteiger partial charge in [0.15, 0.2) is 5.96 Å². The molecule has 3 N–H and O–H groups in total. The maximum absolute atomic E-state index is 11.3. The number of rotatable bonds is 11. The number of aliphatic imine (C=N–C) groups is 1. The highest BCUT2D eigenvalue weighted by Gasteiger charge is 2.04. The lowest BCUT2D eigenvalue weighted by atomic mass is 10.3. The van der Waals surface area contributed by atoms with E-state index in [0.29, 0.717) is 32.2 Å². The molecule has 1 rings (SSSR count). The van der Waals surface area contributed by atoms with E-state index >= 15 is 0 Å². The maximum atomic E-state index is 11.3. The van der Waals surface area contributed by atoms with Gasteiger partial charge in [0.05, 0.1) is 12.4 Å². The number of hydrogen-bond donors (Lipinski definition) is 3. The molecule has 144 valence electrons. The smallest absolute Gasteiger partial charge is 0.211 e. The van der Waals surface area contributed by atoms with Crippen LogP contribution in [0.2, 0.25) is 0 Å². The van der Waals surface area contributed by atoms with Crippen molar-refractivity contribution in [2.75, 3.05) is 38.5 Å². The summed E-state index contributed by atoms with van der Waals surface area (Å²) in [5, 5.41) is 6.22. The van der Waals surface area contributed by atoms with Crippen molar-refractivity contribution in [3.05, 3.63) is 30.3 Å². The largest absolute Gasteiger partial charge is 0.494 e. The summed E-state index contributed by atoms with van der Waals surface area (Å²) in [7, 11) is -3.15. The molecule has 7 nitrogen and oxygen atoms in total. The molecule has 0 heterocycles. The molecule has 1 aromatic carbocycles. The van der Waals surface area contributed by atoms with Gasteiger partial charge in [-0.15, -0.1) is 24.0 Å². The number of hydrogen-bond acceptors (Lipinski definition) is 4. The molecule has 0 aliphatic carbocycles. The molecule has 0 aliphatic rings. The summed E-state index contributed by atoms with van der Waals surface area (Å²) in [6.45, 7) is 6.37. The summed E-state index contributed by atoms with van der Waals surface area (Å²) < 4.78 is 30.8. The van der Waals surface area contributed by atoms with Crippen LogP contribution in [0.15, 0.2) is 35.3 Å². The third-order valence-electron chi connectivity index (χ3n) is 3.05. The van der Waals surface area contributed by atoms with Crippen molar-refractivity contribution in [2.45, 2.75) is 20.3 Å². The maximum Gasteiger partial charge on any atom is 0.211 e. The number of ether oxygens (including phenoxy) is 1. The Bertz CT molecular complexity index is 582. The first-order chi connectivity index (χ1) is 11.6. The molecule has 0 saturated heterocycles. The van der Waals surface area contributed by atoms with E-state index in [4.69, 9.17) is 4.74 Å². The first kappa shape index (κ1) is 23.9. The van der Waals surface area contributed by atoms with E-state index in [1.165, 1.54) is 0 Å². The van der Waals surface area contributed by atoms with E-state index in [1.807, 2.05) is 37.3 Å². The highest BCUT2D eigenvalue weighted by Crippen LogP contribution is 2.08. The van der Waals surface area contributed by atoms with Gasteiger partial charge in [-0.2, -0.15) is 0 Å². The molecule has 0 amide bonds. The van der Waals surface area contributed by atoms with Gasteiger partial charge in [-0.3, -0.25) is 4.99 Å². The van der Waals surface area contributed by atoms with Crippen molar-refractivity contribution >= 4 is 40.0 Å². The van der Waals surface area contributed by atoms with Gasteiger partial charge in [0.25, 0.3) is 0 Å². The molecule has 0 bridgehead atoms. The predicted molar refractivity (Wildman–Crippen MR) is 113 cm³/mol. The van der Waals surface area contributed by atoms with Gasteiger partial charge in [-0.1, -0.05) is 18.2 Å².